The normalized spacial score (nSPS) is 17.3. The van der Waals surface area contributed by atoms with E-state index >= 15 is 0 Å². The van der Waals surface area contributed by atoms with Gasteiger partial charge in [-0.2, -0.15) is 0 Å². The SMILES string of the molecule is Cc1oc(COC2CCCCC2)cc1CNC(C)C. The largest absolute Gasteiger partial charge is 0.464 e. The van der Waals surface area contributed by atoms with E-state index < -0.39 is 0 Å². The molecule has 108 valence electrons. The number of rotatable bonds is 6. The van der Waals surface area contributed by atoms with Crippen LogP contribution in [0.25, 0.3) is 0 Å². The smallest absolute Gasteiger partial charge is 0.130 e. The first-order valence-corrected chi connectivity index (χ1v) is 7.58. The Morgan fingerprint density at radius 1 is 1.32 bits per heavy atom. The van der Waals surface area contributed by atoms with Crippen molar-refractivity contribution in [3.8, 4) is 0 Å². The van der Waals surface area contributed by atoms with Crippen LogP contribution < -0.4 is 5.32 Å². The van der Waals surface area contributed by atoms with Gasteiger partial charge in [0.1, 0.15) is 18.1 Å². The summed E-state index contributed by atoms with van der Waals surface area (Å²) in [5.74, 6) is 1.97. The zero-order chi connectivity index (χ0) is 13.7. The van der Waals surface area contributed by atoms with E-state index in [1.165, 1.54) is 37.7 Å². The van der Waals surface area contributed by atoms with Crippen molar-refractivity contribution in [2.24, 2.45) is 0 Å². The minimum atomic E-state index is 0.441. The molecule has 2 rings (SSSR count). The second-order valence-corrected chi connectivity index (χ2v) is 5.90. The lowest BCUT2D eigenvalue weighted by Gasteiger charge is -2.21. The van der Waals surface area contributed by atoms with Gasteiger partial charge in [0, 0.05) is 18.2 Å². The van der Waals surface area contributed by atoms with E-state index in [9.17, 15) is 0 Å². The van der Waals surface area contributed by atoms with Crippen LogP contribution in [0, 0.1) is 6.92 Å². The molecule has 0 radical (unpaired) electrons. The van der Waals surface area contributed by atoms with Crippen LogP contribution in [0.5, 0.6) is 0 Å². The molecule has 1 aliphatic rings. The topological polar surface area (TPSA) is 34.4 Å². The van der Waals surface area contributed by atoms with E-state index in [4.69, 9.17) is 9.15 Å². The quantitative estimate of drug-likeness (QED) is 0.846. The van der Waals surface area contributed by atoms with Crippen molar-refractivity contribution in [2.75, 3.05) is 0 Å². The van der Waals surface area contributed by atoms with Crippen LogP contribution in [0.2, 0.25) is 0 Å². The van der Waals surface area contributed by atoms with Crippen molar-refractivity contribution < 1.29 is 9.15 Å². The Labute approximate surface area is 116 Å². The van der Waals surface area contributed by atoms with Crippen LogP contribution >= 0.6 is 0 Å². The molecule has 0 amide bonds. The van der Waals surface area contributed by atoms with Crippen LogP contribution in [0.4, 0.5) is 0 Å². The monoisotopic (exact) mass is 265 g/mol. The molecule has 1 heterocycles. The zero-order valence-corrected chi connectivity index (χ0v) is 12.5. The van der Waals surface area contributed by atoms with Gasteiger partial charge in [-0.1, -0.05) is 33.1 Å². The average molecular weight is 265 g/mol. The second-order valence-electron chi connectivity index (χ2n) is 5.90. The van der Waals surface area contributed by atoms with Crippen LogP contribution in [0.15, 0.2) is 10.5 Å². The average Bonchev–Trinajstić information content (AvgIpc) is 2.76. The molecule has 19 heavy (non-hydrogen) atoms. The molecular formula is C16H27NO2. The van der Waals surface area contributed by atoms with Gasteiger partial charge in [0.25, 0.3) is 0 Å². The molecule has 1 saturated carbocycles. The Hall–Kier alpha value is -0.800. The highest BCUT2D eigenvalue weighted by Crippen LogP contribution is 2.22. The fourth-order valence-electron chi connectivity index (χ4n) is 2.58. The molecular weight excluding hydrogens is 238 g/mol. The molecule has 0 bridgehead atoms. The molecule has 1 fully saturated rings. The minimum Gasteiger partial charge on any atom is -0.464 e. The predicted molar refractivity (Wildman–Crippen MR) is 77.1 cm³/mol. The van der Waals surface area contributed by atoms with Crippen LogP contribution in [0.1, 0.15) is 63.0 Å². The molecule has 0 atom stereocenters. The lowest BCUT2D eigenvalue weighted by atomic mass is 9.98. The summed E-state index contributed by atoms with van der Waals surface area (Å²) in [6.45, 7) is 7.83. The second kappa shape index (κ2) is 7.11. The van der Waals surface area contributed by atoms with Crippen LogP contribution in [0.3, 0.4) is 0 Å². The Balaban J connectivity index is 1.81. The van der Waals surface area contributed by atoms with E-state index in [1.54, 1.807) is 0 Å². The van der Waals surface area contributed by atoms with E-state index in [0.717, 1.165) is 18.1 Å². The maximum absolute atomic E-state index is 5.95. The molecule has 3 nitrogen and oxygen atoms in total. The first kappa shape index (κ1) is 14.6. The third-order valence-electron chi connectivity index (χ3n) is 3.79. The van der Waals surface area contributed by atoms with Crippen molar-refractivity contribution in [1.82, 2.24) is 5.32 Å². The number of hydrogen-bond donors (Lipinski definition) is 1. The highest BCUT2D eigenvalue weighted by Gasteiger charge is 2.15. The van der Waals surface area contributed by atoms with Crippen LogP contribution in [-0.4, -0.2) is 12.1 Å². The first-order valence-electron chi connectivity index (χ1n) is 7.58. The maximum Gasteiger partial charge on any atom is 0.130 e. The number of ether oxygens (including phenoxy) is 1. The van der Waals surface area contributed by atoms with Crippen molar-refractivity contribution in [2.45, 2.75) is 78.2 Å². The van der Waals surface area contributed by atoms with Gasteiger partial charge in [0.05, 0.1) is 6.10 Å². The summed E-state index contributed by atoms with van der Waals surface area (Å²) >= 11 is 0. The van der Waals surface area contributed by atoms with Gasteiger partial charge in [-0.05, 0) is 25.8 Å². The highest BCUT2D eigenvalue weighted by molar-refractivity contribution is 5.20. The van der Waals surface area contributed by atoms with Crippen molar-refractivity contribution >= 4 is 0 Å². The number of furan rings is 1. The summed E-state index contributed by atoms with van der Waals surface area (Å²) in [6, 6.07) is 2.63. The Kier molecular flexibility index (Phi) is 5.46. The van der Waals surface area contributed by atoms with E-state index in [1.807, 2.05) is 6.92 Å². The molecule has 0 spiro atoms. The summed E-state index contributed by atoms with van der Waals surface area (Å²) in [7, 11) is 0. The minimum absolute atomic E-state index is 0.441. The predicted octanol–water partition coefficient (Wildman–Crippen LogP) is 3.94. The number of hydrogen-bond acceptors (Lipinski definition) is 3. The number of aryl methyl sites for hydroxylation is 1. The third-order valence-corrected chi connectivity index (χ3v) is 3.79. The van der Waals surface area contributed by atoms with E-state index in [-0.39, 0.29) is 0 Å². The number of nitrogens with one attached hydrogen (secondary N) is 1. The summed E-state index contributed by atoms with van der Waals surface area (Å²) in [4.78, 5) is 0. The standard InChI is InChI=1S/C16H27NO2/c1-12(2)17-10-14-9-16(19-13(14)3)11-18-15-7-5-4-6-8-15/h9,12,15,17H,4-8,10-11H2,1-3H3. The van der Waals surface area contributed by atoms with Gasteiger partial charge in [-0.25, -0.2) is 0 Å². The van der Waals surface area contributed by atoms with E-state index in [2.05, 4.69) is 25.2 Å². The molecule has 1 N–H and O–H groups in total. The lowest BCUT2D eigenvalue weighted by Crippen LogP contribution is -2.21. The van der Waals surface area contributed by atoms with Gasteiger partial charge in [0.15, 0.2) is 0 Å². The van der Waals surface area contributed by atoms with Gasteiger partial charge in [0.2, 0.25) is 0 Å². The van der Waals surface area contributed by atoms with Gasteiger partial charge < -0.3 is 14.5 Å². The fourth-order valence-corrected chi connectivity index (χ4v) is 2.58. The Morgan fingerprint density at radius 3 is 2.74 bits per heavy atom. The Morgan fingerprint density at radius 2 is 2.05 bits per heavy atom. The van der Waals surface area contributed by atoms with Crippen LogP contribution in [-0.2, 0) is 17.9 Å². The summed E-state index contributed by atoms with van der Waals surface area (Å²) in [5, 5.41) is 3.42. The van der Waals surface area contributed by atoms with Gasteiger partial charge >= 0.3 is 0 Å². The lowest BCUT2D eigenvalue weighted by molar-refractivity contribution is 0.00850. The third kappa shape index (κ3) is 4.66. The molecule has 1 aromatic heterocycles. The summed E-state index contributed by atoms with van der Waals surface area (Å²) in [6.07, 6.45) is 6.85. The van der Waals surface area contributed by atoms with Gasteiger partial charge in [-0.15, -0.1) is 0 Å². The van der Waals surface area contributed by atoms with Crippen molar-refractivity contribution in [3.63, 3.8) is 0 Å². The molecule has 0 aromatic carbocycles. The summed E-state index contributed by atoms with van der Waals surface area (Å²) in [5.41, 5.74) is 1.25. The first-order chi connectivity index (χ1) is 9.15. The highest BCUT2D eigenvalue weighted by atomic mass is 16.5. The molecule has 0 unspecified atom stereocenters. The zero-order valence-electron chi connectivity index (χ0n) is 12.5. The van der Waals surface area contributed by atoms with Crippen molar-refractivity contribution in [1.29, 1.82) is 0 Å². The molecule has 0 aliphatic heterocycles. The molecule has 0 saturated heterocycles. The van der Waals surface area contributed by atoms with Crippen molar-refractivity contribution in [3.05, 3.63) is 23.2 Å². The summed E-state index contributed by atoms with van der Waals surface area (Å²) < 4.78 is 11.7. The molecule has 1 aliphatic carbocycles. The molecule has 1 aromatic rings. The maximum atomic E-state index is 5.95. The molecule has 3 heteroatoms. The van der Waals surface area contributed by atoms with E-state index in [0.29, 0.717) is 18.8 Å². The fraction of sp³-hybridized carbons (Fsp3) is 0.750. The van der Waals surface area contributed by atoms with Gasteiger partial charge in [-0.3, -0.25) is 0 Å². The Bertz CT molecular complexity index is 378.